The molecule has 0 spiro atoms. The number of hydrogen-bond donors (Lipinski definition) is 1. The third-order valence-corrected chi connectivity index (χ3v) is 7.82. The maximum atomic E-state index is 14.4. The van der Waals surface area contributed by atoms with E-state index in [1.54, 1.807) is 12.0 Å². The minimum Gasteiger partial charge on any atom is -0.366 e. The van der Waals surface area contributed by atoms with Gasteiger partial charge in [-0.25, -0.2) is 8.42 Å². The Morgan fingerprint density at radius 3 is 1.97 bits per heavy atom. The molecule has 0 heterocycles. The van der Waals surface area contributed by atoms with Gasteiger partial charge < -0.3 is 5.11 Å². The second-order valence-corrected chi connectivity index (χ2v) is 10.7. The van der Waals surface area contributed by atoms with Crippen molar-refractivity contribution in [2.75, 3.05) is 10.8 Å². The number of sulfonamides is 1. The van der Waals surface area contributed by atoms with E-state index < -0.39 is 44.8 Å². The lowest BCUT2D eigenvalue weighted by Crippen LogP contribution is -2.43. The third-order valence-electron chi connectivity index (χ3n) is 6.02. The van der Waals surface area contributed by atoms with Crippen LogP contribution in [-0.2, 0) is 21.8 Å². The number of alkyl halides is 6. The topological polar surface area (TPSA) is 57.6 Å². The standard InChI is InChI=1S/C27H21F6NO3S/c28-26(29,30)21-14-12-19(13-15-21)16-17-25(35,27(31,32)33)23-8-4-5-9-24(23)34(18-20-10-11-20)38(36,37)22-6-2-1-3-7-22/h1-9,12-15,20,35H,10-11,18H2. The van der Waals surface area contributed by atoms with E-state index in [2.05, 4.69) is 5.92 Å². The van der Waals surface area contributed by atoms with Gasteiger partial charge in [-0.05, 0) is 67.1 Å². The molecule has 1 fully saturated rings. The van der Waals surface area contributed by atoms with Crippen LogP contribution in [0.4, 0.5) is 32.0 Å². The van der Waals surface area contributed by atoms with E-state index in [9.17, 15) is 39.9 Å². The van der Waals surface area contributed by atoms with Crippen molar-refractivity contribution in [2.45, 2.75) is 35.7 Å². The number of anilines is 1. The first kappa shape index (κ1) is 27.5. The SMILES string of the molecule is O=S(=O)(c1ccccc1)N(CC1CC1)c1ccccc1C(O)(C#Cc1ccc(C(F)(F)F)cc1)C(F)(F)F. The van der Waals surface area contributed by atoms with Crippen molar-refractivity contribution >= 4 is 15.7 Å². The summed E-state index contributed by atoms with van der Waals surface area (Å²) in [4.78, 5) is -0.137. The molecule has 4 nitrogen and oxygen atoms in total. The Morgan fingerprint density at radius 1 is 0.842 bits per heavy atom. The average Bonchev–Trinajstić information content (AvgIpc) is 3.70. The molecule has 1 unspecified atom stereocenters. The molecule has 1 aliphatic rings. The summed E-state index contributed by atoms with van der Waals surface area (Å²) < 4.78 is 110. The third kappa shape index (κ3) is 5.66. The van der Waals surface area contributed by atoms with Crippen molar-refractivity contribution in [2.24, 2.45) is 5.92 Å². The number of nitrogens with zero attached hydrogens (tertiary/aromatic N) is 1. The molecular formula is C27H21F6NO3S. The van der Waals surface area contributed by atoms with Gasteiger partial charge >= 0.3 is 12.4 Å². The largest absolute Gasteiger partial charge is 0.433 e. The van der Waals surface area contributed by atoms with Crippen LogP contribution in [0.3, 0.4) is 0 Å². The van der Waals surface area contributed by atoms with Gasteiger partial charge in [0, 0.05) is 17.7 Å². The first-order chi connectivity index (χ1) is 17.7. The molecule has 0 radical (unpaired) electrons. The molecule has 3 aromatic rings. The van der Waals surface area contributed by atoms with Gasteiger partial charge in [-0.2, -0.15) is 26.3 Å². The number of para-hydroxylation sites is 1. The fraction of sp³-hybridized carbons (Fsp3) is 0.259. The predicted molar refractivity (Wildman–Crippen MR) is 128 cm³/mol. The number of halogens is 6. The van der Waals surface area contributed by atoms with Gasteiger partial charge in [0.2, 0.25) is 0 Å². The van der Waals surface area contributed by atoms with Gasteiger partial charge in [0.1, 0.15) is 0 Å². The highest BCUT2D eigenvalue weighted by atomic mass is 32.2. The molecule has 1 saturated carbocycles. The molecule has 1 N–H and O–H groups in total. The van der Waals surface area contributed by atoms with Crippen LogP contribution < -0.4 is 4.31 Å². The van der Waals surface area contributed by atoms with Gasteiger partial charge in [-0.15, -0.1) is 0 Å². The fourth-order valence-corrected chi connectivity index (χ4v) is 5.35. The highest BCUT2D eigenvalue weighted by Crippen LogP contribution is 2.45. The van der Waals surface area contributed by atoms with Gasteiger partial charge in [0.25, 0.3) is 15.6 Å². The summed E-state index contributed by atoms with van der Waals surface area (Å²) >= 11 is 0. The summed E-state index contributed by atoms with van der Waals surface area (Å²) in [6.07, 6.45) is -8.64. The van der Waals surface area contributed by atoms with Crippen LogP contribution >= 0.6 is 0 Å². The van der Waals surface area contributed by atoms with Crippen LogP contribution in [0.2, 0.25) is 0 Å². The van der Waals surface area contributed by atoms with E-state index in [0.29, 0.717) is 25.0 Å². The van der Waals surface area contributed by atoms with Crippen LogP contribution in [0.25, 0.3) is 0 Å². The van der Waals surface area contributed by atoms with E-state index in [0.717, 1.165) is 28.6 Å². The summed E-state index contributed by atoms with van der Waals surface area (Å²) in [5.74, 6) is 3.79. The van der Waals surface area contributed by atoms with E-state index >= 15 is 0 Å². The average molecular weight is 554 g/mol. The normalized spacial score (nSPS) is 15.8. The van der Waals surface area contributed by atoms with Crippen molar-refractivity contribution in [1.82, 2.24) is 0 Å². The molecule has 0 aliphatic heterocycles. The maximum absolute atomic E-state index is 14.4. The van der Waals surface area contributed by atoms with E-state index in [-0.39, 0.29) is 22.9 Å². The van der Waals surface area contributed by atoms with Crippen molar-refractivity contribution in [3.63, 3.8) is 0 Å². The molecule has 3 aromatic carbocycles. The smallest absolute Gasteiger partial charge is 0.366 e. The quantitative estimate of drug-likeness (QED) is 0.296. The Morgan fingerprint density at radius 2 is 1.42 bits per heavy atom. The first-order valence-electron chi connectivity index (χ1n) is 11.4. The zero-order chi connectivity index (χ0) is 27.8. The summed E-state index contributed by atoms with van der Waals surface area (Å²) in [5.41, 5.74) is -6.26. The fourth-order valence-electron chi connectivity index (χ4n) is 3.77. The Hall–Kier alpha value is -3.49. The van der Waals surface area contributed by atoms with Gasteiger partial charge in [-0.1, -0.05) is 42.3 Å². The van der Waals surface area contributed by atoms with Crippen LogP contribution in [0, 0.1) is 17.8 Å². The molecule has 0 bridgehead atoms. The zero-order valence-corrected chi connectivity index (χ0v) is 20.4. The van der Waals surface area contributed by atoms with Gasteiger partial charge in [0.15, 0.2) is 0 Å². The highest BCUT2D eigenvalue weighted by Gasteiger charge is 2.56. The highest BCUT2D eigenvalue weighted by molar-refractivity contribution is 7.92. The molecule has 38 heavy (non-hydrogen) atoms. The molecule has 1 atom stereocenters. The van der Waals surface area contributed by atoms with E-state index in [4.69, 9.17) is 0 Å². The van der Waals surface area contributed by atoms with Crippen LogP contribution in [0.1, 0.15) is 29.5 Å². The molecule has 0 saturated heterocycles. The van der Waals surface area contributed by atoms with Crippen LogP contribution in [0.5, 0.6) is 0 Å². The minimum atomic E-state index is -5.39. The Kier molecular flexibility index (Phi) is 7.25. The molecule has 11 heteroatoms. The van der Waals surface area contributed by atoms with Gasteiger partial charge in [-0.3, -0.25) is 4.31 Å². The number of benzene rings is 3. The van der Waals surface area contributed by atoms with Gasteiger partial charge in [0.05, 0.1) is 16.1 Å². The van der Waals surface area contributed by atoms with Crippen molar-refractivity contribution < 1.29 is 39.9 Å². The van der Waals surface area contributed by atoms with Crippen molar-refractivity contribution in [3.05, 3.63) is 95.6 Å². The summed E-state index contributed by atoms with van der Waals surface area (Å²) in [6, 6.07) is 14.9. The van der Waals surface area contributed by atoms with E-state index in [1.165, 1.54) is 36.4 Å². The molecule has 1 aliphatic carbocycles. The first-order valence-corrected chi connectivity index (χ1v) is 12.8. The summed E-state index contributed by atoms with van der Waals surface area (Å²) in [7, 11) is -4.32. The zero-order valence-electron chi connectivity index (χ0n) is 19.6. The number of hydrogen-bond acceptors (Lipinski definition) is 3. The maximum Gasteiger partial charge on any atom is 0.433 e. The Bertz CT molecular complexity index is 1450. The number of aliphatic hydroxyl groups is 1. The van der Waals surface area contributed by atoms with Crippen LogP contribution in [-0.4, -0.2) is 26.2 Å². The minimum absolute atomic E-state index is 0.0706. The van der Waals surface area contributed by atoms with Crippen molar-refractivity contribution in [1.29, 1.82) is 0 Å². The lowest BCUT2D eigenvalue weighted by Gasteiger charge is -2.32. The summed E-state index contributed by atoms with van der Waals surface area (Å²) in [5, 5.41) is 11.0. The number of rotatable bonds is 6. The lowest BCUT2D eigenvalue weighted by atomic mass is 9.91. The second-order valence-electron chi connectivity index (χ2n) is 8.84. The van der Waals surface area contributed by atoms with Crippen molar-refractivity contribution in [3.8, 4) is 11.8 Å². The van der Waals surface area contributed by atoms with Crippen LogP contribution in [0.15, 0.2) is 83.8 Å². The lowest BCUT2D eigenvalue weighted by molar-refractivity contribution is -0.240. The molecule has 4 rings (SSSR count). The molecule has 0 amide bonds. The molecular weight excluding hydrogens is 532 g/mol. The molecule has 200 valence electrons. The summed E-state index contributed by atoms with van der Waals surface area (Å²) in [6.45, 7) is -0.103. The van der Waals surface area contributed by atoms with E-state index in [1.807, 2.05) is 0 Å². The Labute approximate surface area is 215 Å². The second kappa shape index (κ2) is 10.0. The Balaban J connectivity index is 1.84. The predicted octanol–water partition coefficient (Wildman–Crippen LogP) is 6.11. The monoisotopic (exact) mass is 553 g/mol. The molecule has 0 aromatic heterocycles.